The van der Waals surface area contributed by atoms with Crippen LogP contribution in [0.2, 0.25) is 0 Å². The molecule has 142 valence electrons. The van der Waals surface area contributed by atoms with Crippen LogP contribution in [0.5, 0.6) is 0 Å². The van der Waals surface area contributed by atoms with Crippen molar-refractivity contribution in [2.45, 2.75) is 16.0 Å². The fourth-order valence-corrected chi connectivity index (χ4v) is 3.46. The molecule has 0 saturated heterocycles. The van der Waals surface area contributed by atoms with Crippen molar-refractivity contribution in [3.05, 3.63) is 60.3 Å². The summed E-state index contributed by atoms with van der Waals surface area (Å²) in [6, 6.07) is 13.2. The largest absolute Gasteiger partial charge is 0.435 e. The van der Waals surface area contributed by atoms with E-state index in [1.165, 1.54) is 36.0 Å². The van der Waals surface area contributed by atoms with E-state index in [0.717, 1.165) is 15.6 Å². The Bertz CT molecular complexity index is 1080. The van der Waals surface area contributed by atoms with Gasteiger partial charge in [-0.1, -0.05) is 12.1 Å². The Morgan fingerprint density at radius 2 is 1.74 bits per heavy atom. The molecule has 0 spiro atoms. The van der Waals surface area contributed by atoms with Crippen LogP contribution in [-0.4, -0.2) is 24.5 Å². The van der Waals surface area contributed by atoms with Gasteiger partial charge in [0, 0.05) is 10.5 Å². The van der Waals surface area contributed by atoms with E-state index in [9.17, 15) is 21.6 Å². The number of sulfonamides is 1. The number of rotatable bonds is 4. The van der Waals surface area contributed by atoms with Gasteiger partial charge in [0.2, 0.25) is 10.0 Å². The molecule has 27 heavy (non-hydrogen) atoms. The Morgan fingerprint density at radius 1 is 1.07 bits per heavy atom. The van der Waals surface area contributed by atoms with Crippen molar-refractivity contribution >= 4 is 21.8 Å². The van der Waals surface area contributed by atoms with E-state index >= 15 is 0 Å². The molecule has 0 amide bonds. The van der Waals surface area contributed by atoms with Crippen LogP contribution in [0, 0.1) is 0 Å². The van der Waals surface area contributed by atoms with Crippen molar-refractivity contribution in [1.29, 1.82) is 0 Å². The molecular weight excluding hydrogens is 399 g/mol. The smallest absolute Gasteiger partial charge is 0.233 e. The van der Waals surface area contributed by atoms with E-state index in [0.29, 0.717) is 5.56 Å². The lowest BCUT2D eigenvalue weighted by Gasteiger charge is -2.09. The van der Waals surface area contributed by atoms with Crippen molar-refractivity contribution in [3.8, 4) is 16.9 Å². The molecule has 0 radical (unpaired) electrons. The van der Waals surface area contributed by atoms with Gasteiger partial charge in [-0.3, -0.25) is 0 Å². The standard InChI is InChI=1S/C17H14F3N3O2S2/c1-26-13-4-2-3-11(9-13)15-10-16(17(18,19)20)22-23(15)12-5-7-14(8-6-12)27(21,24)25/h2-10H,1H3,(H2,21,24,25). The third-order valence-electron chi connectivity index (χ3n) is 3.78. The first-order valence-corrected chi connectivity index (χ1v) is 10.3. The third-order valence-corrected chi connectivity index (χ3v) is 5.43. The van der Waals surface area contributed by atoms with Gasteiger partial charge in [-0.25, -0.2) is 18.2 Å². The summed E-state index contributed by atoms with van der Waals surface area (Å²) in [5, 5.41) is 8.74. The first-order chi connectivity index (χ1) is 12.6. The highest BCUT2D eigenvalue weighted by Gasteiger charge is 2.35. The molecule has 3 rings (SSSR count). The fraction of sp³-hybridized carbons (Fsp3) is 0.118. The lowest BCUT2D eigenvalue weighted by atomic mass is 10.1. The zero-order valence-electron chi connectivity index (χ0n) is 13.9. The van der Waals surface area contributed by atoms with Gasteiger partial charge < -0.3 is 0 Å². The molecule has 0 fully saturated rings. The number of halogens is 3. The minimum Gasteiger partial charge on any atom is -0.233 e. The maximum absolute atomic E-state index is 13.2. The third kappa shape index (κ3) is 4.18. The molecule has 0 unspecified atom stereocenters. The average Bonchev–Trinajstić information content (AvgIpc) is 3.07. The molecule has 2 N–H and O–H groups in total. The van der Waals surface area contributed by atoms with E-state index < -0.39 is 21.9 Å². The summed E-state index contributed by atoms with van der Waals surface area (Å²) in [6.45, 7) is 0. The lowest BCUT2D eigenvalue weighted by Crippen LogP contribution is -2.12. The SMILES string of the molecule is CSc1cccc(-c2cc(C(F)(F)F)nn2-c2ccc(S(N)(=O)=O)cc2)c1. The van der Waals surface area contributed by atoms with E-state index in [1.54, 1.807) is 18.2 Å². The van der Waals surface area contributed by atoms with Gasteiger partial charge in [0.15, 0.2) is 5.69 Å². The van der Waals surface area contributed by atoms with Crippen LogP contribution in [0.15, 0.2) is 64.4 Å². The number of benzene rings is 2. The molecule has 3 aromatic rings. The molecule has 2 aromatic carbocycles. The van der Waals surface area contributed by atoms with E-state index in [-0.39, 0.29) is 16.3 Å². The molecular formula is C17H14F3N3O2S2. The highest BCUT2D eigenvalue weighted by atomic mass is 32.2. The van der Waals surface area contributed by atoms with E-state index in [2.05, 4.69) is 5.10 Å². The topological polar surface area (TPSA) is 78.0 Å². The Hall–Kier alpha value is -2.30. The van der Waals surface area contributed by atoms with Gasteiger partial charge in [0.25, 0.3) is 0 Å². The predicted octanol–water partition coefficient (Wildman–Crippen LogP) is 3.93. The molecule has 0 atom stereocenters. The summed E-state index contributed by atoms with van der Waals surface area (Å²) >= 11 is 1.46. The number of primary sulfonamides is 1. The molecule has 1 heterocycles. The first-order valence-electron chi connectivity index (χ1n) is 7.54. The Morgan fingerprint density at radius 3 is 2.30 bits per heavy atom. The van der Waals surface area contributed by atoms with Crippen LogP contribution >= 0.6 is 11.8 Å². The molecule has 0 aliphatic carbocycles. The van der Waals surface area contributed by atoms with Crippen molar-refractivity contribution in [3.63, 3.8) is 0 Å². The van der Waals surface area contributed by atoms with Crippen molar-refractivity contribution in [2.75, 3.05) is 6.26 Å². The molecule has 5 nitrogen and oxygen atoms in total. The second-order valence-electron chi connectivity index (χ2n) is 5.60. The number of hydrogen-bond donors (Lipinski definition) is 1. The Balaban J connectivity index is 2.17. The van der Waals surface area contributed by atoms with Gasteiger partial charge in [0.05, 0.1) is 16.3 Å². The van der Waals surface area contributed by atoms with Gasteiger partial charge in [0.1, 0.15) is 0 Å². The number of thioether (sulfide) groups is 1. The highest BCUT2D eigenvalue weighted by molar-refractivity contribution is 7.98. The Labute approximate surface area is 158 Å². The Kier molecular flexibility index (Phi) is 5.06. The van der Waals surface area contributed by atoms with Gasteiger partial charge >= 0.3 is 6.18 Å². The number of aromatic nitrogens is 2. The van der Waals surface area contributed by atoms with Crippen LogP contribution < -0.4 is 5.14 Å². The molecule has 1 aromatic heterocycles. The summed E-state index contributed by atoms with van der Waals surface area (Å²) in [4.78, 5) is 0.749. The summed E-state index contributed by atoms with van der Waals surface area (Å²) < 4.78 is 63.5. The number of nitrogens with zero attached hydrogens (tertiary/aromatic N) is 2. The fourth-order valence-electron chi connectivity index (χ4n) is 2.48. The summed E-state index contributed by atoms with van der Waals surface area (Å²) in [5.74, 6) is 0. The molecule has 10 heteroatoms. The summed E-state index contributed by atoms with van der Waals surface area (Å²) in [6.07, 6.45) is -2.75. The van der Waals surface area contributed by atoms with E-state index in [1.807, 2.05) is 12.3 Å². The first kappa shape index (κ1) is 19.5. The highest BCUT2D eigenvalue weighted by Crippen LogP contribution is 2.34. The number of alkyl halides is 3. The van der Waals surface area contributed by atoms with Gasteiger partial charge in [-0.15, -0.1) is 11.8 Å². The predicted molar refractivity (Wildman–Crippen MR) is 97.2 cm³/mol. The zero-order chi connectivity index (χ0) is 19.8. The van der Waals surface area contributed by atoms with Gasteiger partial charge in [-0.2, -0.15) is 18.3 Å². The normalized spacial score (nSPS) is 12.3. The van der Waals surface area contributed by atoms with Crippen LogP contribution in [0.1, 0.15) is 5.69 Å². The molecule has 0 bridgehead atoms. The minimum absolute atomic E-state index is 0.139. The average molecular weight is 413 g/mol. The van der Waals surface area contributed by atoms with Crippen LogP contribution in [0.4, 0.5) is 13.2 Å². The molecule has 0 aliphatic heterocycles. The number of nitrogens with two attached hydrogens (primary N) is 1. The monoisotopic (exact) mass is 413 g/mol. The van der Waals surface area contributed by atoms with Crippen LogP contribution in [0.3, 0.4) is 0 Å². The second-order valence-corrected chi connectivity index (χ2v) is 8.04. The minimum atomic E-state index is -4.61. The quantitative estimate of drug-likeness (QED) is 0.658. The molecule has 0 aliphatic rings. The van der Waals surface area contributed by atoms with E-state index in [4.69, 9.17) is 5.14 Å². The number of hydrogen-bond acceptors (Lipinski definition) is 4. The maximum atomic E-state index is 13.2. The van der Waals surface area contributed by atoms with Crippen LogP contribution in [-0.2, 0) is 16.2 Å². The lowest BCUT2D eigenvalue weighted by molar-refractivity contribution is -0.141. The zero-order valence-corrected chi connectivity index (χ0v) is 15.6. The van der Waals surface area contributed by atoms with Gasteiger partial charge in [-0.05, 0) is 48.7 Å². The van der Waals surface area contributed by atoms with Crippen molar-refractivity contribution in [2.24, 2.45) is 5.14 Å². The second kappa shape index (κ2) is 7.02. The summed E-state index contributed by atoms with van der Waals surface area (Å²) in [7, 11) is -3.90. The molecule has 0 saturated carbocycles. The van der Waals surface area contributed by atoms with Crippen molar-refractivity contribution in [1.82, 2.24) is 9.78 Å². The summed E-state index contributed by atoms with van der Waals surface area (Å²) in [5.41, 5.74) is 0.0342. The van der Waals surface area contributed by atoms with Crippen LogP contribution in [0.25, 0.3) is 16.9 Å². The van der Waals surface area contributed by atoms with Crippen molar-refractivity contribution < 1.29 is 21.6 Å². The maximum Gasteiger partial charge on any atom is 0.435 e.